The fourth-order valence-electron chi connectivity index (χ4n) is 2.39. The third kappa shape index (κ3) is 2.92. The molecule has 98 valence electrons. The molecule has 1 saturated carbocycles. The molecule has 0 radical (unpaired) electrons. The van der Waals surface area contributed by atoms with Gasteiger partial charge in [-0.3, -0.25) is 4.79 Å². The van der Waals surface area contributed by atoms with E-state index in [4.69, 9.17) is 0 Å². The molecule has 1 amide bonds. The molecule has 0 spiro atoms. The Morgan fingerprint density at radius 3 is 2.50 bits per heavy atom. The van der Waals surface area contributed by atoms with Crippen LogP contribution >= 0.6 is 0 Å². The zero-order valence-electron chi connectivity index (χ0n) is 11.9. The van der Waals surface area contributed by atoms with E-state index < -0.39 is 0 Å². The van der Waals surface area contributed by atoms with Gasteiger partial charge in [-0.05, 0) is 44.2 Å². The second-order valence-corrected chi connectivity index (χ2v) is 5.90. The van der Waals surface area contributed by atoms with Crippen molar-refractivity contribution in [3.8, 4) is 0 Å². The Hall–Kier alpha value is -1.31. The second kappa shape index (κ2) is 5.13. The minimum absolute atomic E-state index is 0.212. The summed E-state index contributed by atoms with van der Waals surface area (Å²) in [6.45, 7) is 9.31. The van der Waals surface area contributed by atoms with Gasteiger partial charge in [0.2, 0.25) is 0 Å². The van der Waals surface area contributed by atoms with E-state index in [0.29, 0.717) is 12.0 Å². The molecule has 0 heterocycles. The third-order valence-corrected chi connectivity index (χ3v) is 3.42. The van der Waals surface area contributed by atoms with Gasteiger partial charge in [-0.15, -0.1) is 0 Å². The van der Waals surface area contributed by atoms with Crippen LogP contribution in [0, 0.1) is 19.8 Å². The first kappa shape index (κ1) is 13.1. The van der Waals surface area contributed by atoms with Crippen LogP contribution in [0.4, 0.5) is 0 Å². The molecule has 1 aliphatic carbocycles. The van der Waals surface area contributed by atoms with Gasteiger partial charge >= 0.3 is 0 Å². The van der Waals surface area contributed by atoms with Crippen molar-refractivity contribution in [2.24, 2.45) is 5.92 Å². The first-order valence-electron chi connectivity index (χ1n) is 6.87. The van der Waals surface area contributed by atoms with Gasteiger partial charge in [-0.25, -0.2) is 0 Å². The summed E-state index contributed by atoms with van der Waals surface area (Å²) in [4.78, 5) is 14.7. The molecule has 2 nitrogen and oxygen atoms in total. The van der Waals surface area contributed by atoms with E-state index >= 15 is 0 Å². The van der Waals surface area contributed by atoms with E-state index in [1.165, 1.54) is 18.4 Å². The summed E-state index contributed by atoms with van der Waals surface area (Å²) in [6, 6.07) is 6.58. The van der Waals surface area contributed by atoms with Gasteiger partial charge in [-0.2, -0.15) is 0 Å². The molecule has 1 fully saturated rings. The maximum atomic E-state index is 12.6. The molecule has 0 saturated heterocycles. The fraction of sp³-hybridized carbons (Fsp3) is 0.562. The highest BCUT2D eigenvalue weighted by atomic mass is 16.2. The van der Waals surface area contributed by atoms with Gasteiger partial charge in [-0.1, -0.05) is 31.5 Å². The Morgan fingerprint density at radius 2 is 2.00 bits per heavy atom. The van der Waals surface area contributed by atoms with Crippen LogP contribution in [0.1, 0.15) is 48.2 Å². The number of hydrogen-bond acceptors (Lipinski definition) is 1. The van der Waals surface area contributed by atoms with E-state index in [-0.39, 0.29) is 5.91 Å². The molecule has 0 aromatic heterocycles. The van der Waals surface area contributed by atoms with Crippen molar-refractivity contribution in [2.45, 2.75) is 46.6 Å². The van der Waals surface area contributed by atoms with Crippen molar-refractivity contribution in [1.29, 1.82) is 0 Å². The molecule has 0 aliphatic heterocycles. The normalized spacial score (nSPS) is 14.9. The van der Waals surface area contributed by atoms with Crippen LogP contribution in [0.15, 0.2) is 18.2 Å². The number of benzene rings is 1. The van der Waals surface area contributed by atoms with Crippen LogP contribution in [0.25, 0.3) is 0 Å². The van der Waals surface area contributed by atoms with Gasteiger partial charge in [0.1, 0.15) is 0 Å². The van der Waals surface area contributed by atoms with Crippen molar-refractivity contribution >= 4 is 5.91 Å². The summed E-state index contributed by atoms with van der Waals surface area (Å²) < 4.78 is 0. The van der Waals surface area contributed by atoms with Gasteiger partial charge < -0.3 is 4.90 Å². The maximum Gasteiger partial charge on any atom is 0.254 e. The molecule has 0 atom stereocenters. The molecular weight excluding hydrogens is 222 g/mol. The van der Waals surface area contributed by atoms with E-state index in [1.54, 1.807) is 0 Å². The van der Waals surface area contributed by atoms with Crippen molar-refractivity contribution in [1.82, 2.24) is 4.90 Å². The summed E-state index contributed by atoms with van der Waals surface area (Å²) in [7, 11) is 0. The maximum absolute atomic E-state index is 12.6. The standard InChI is InChI=1S/C16H23NO/c1-11(2)10-17(14-6-7-14)16(18)15-8-5-12(3)9-13(15)4/h5,8-9,11,14H,6-7,10H2,1-4H3. The number of aryl methyl sites for hydroxylation is 2. The topological polar surface area (TPSA) is 20.3 Å². The smallest absolute Gasteiger partial charge is 0.254 e. The minimum atomic E-state index is 0.212. The average molecular weight is 245 g/mol. The molecule has 1 aromatic rings. The van der Waals surface area contributed by atoms with Gasteiger partial charge in [0.05, 0.1) is 0 Å². The zero-order valence-corrected chi connectivity index (χ0v) is 11.9. The lowest BCUT2D eigenvalue weighted by Gasteiger charge is -2.25. The monoisotopic (exact) mass is 245 g/mol. The SMILES string of the molecule is Cc1ccc(C(=O)N(CC(C)C)C2CC2)c(C)c1. The highest BCUT2D eigenvalue weighted by molar-refractivity contribution is 5.96. The van der Waals surface area contributed by atoms with Crippen LogP contribution in [-0.2, 0) is 0 Å². The molecule has 18 heavy (non-hydrogen) atoms. The number of amides is 1. The Morgan fingerprint density at radius 1 is 1.33 bits per heavy atom. The first-order valence-corrected chi connectivity index (χ1v) is 6.87. The van der Waals surface area contributed by atoms with Gasteiger partial charge in [0, 0.05) is 18.2 Å². The third-order valence-electron chi connectivity index (χ3n) is 3.42. The lowest BCUT2D eigenvalue weighted by molar-refractivity contribution is 0.0722. The summed E-state index contributed by atoms with van der Waals surface area (Å²) in [6.07, 6.45) is 2.34. The van der Waals surface area contributed by atoms with Crippen molar-refractivity contribution in [3.05, 3.63) is 34.9 Å². The molecule has 1 aliphatic rings. The van der Waals surface area contributed by atoms with Crippen LogP contribution < -0.4 is 0 Å². The molecule has 2 heteroatoms. The van der Waals surface area contributed by atoms with Crippen molar-refractivity contribution in [3.63, 3.8) is 0 Å². The lowest BCUT2D eigenvalue weighted by Crippen LogP contribution is -2.36. The molecule has 0 unspecified atom stereocenters. The van der Waals surface area contributed by atoms with Crippen molar-refractivity contribution in [2.75, 3.05) is 6.54 Å². The first-order chi connectivity index (χ1) is 8.49. The Kier molecular flexibility index (Phi) is 3.74. The minimum Gasteiger partial charge on any atom is -0.335 e. The largest absolute Gasteiger partial charge is 0.335 e. The fourth-order valence-corrected chi connectivity index (χ4v) is 2.39. The van der Waals surface area contributed by atoms with E-state index in [9.17, 15) is 4.79 Å². The highest BCUT2D eigenvalue weighted by Gasteiger charge is 2.33. The lowest BCUT2D eigenvalue weighted by atomic mass is 10.0. The number of carbonyl (C=O) groups is 1. The quantitative estimate of drug-likeness (QED) is 0.794. The number of hydrogen-bond donors (Lipinski definition) is 0. The zero-order chi connectivity index (χ0) is 13.3. The second-order valence-electron chi connectivity index (χ2n) is 5.90. The molecular formula is C16H23NO. The highest BCUT2D eigenvalue weighted by Crippen LogP contribution is 2.29. The number of rotatable bonds is 4. The Balaban J connectivity index is 2.22. The van der Waals surface area contributed by atoms with Crippen LogP contribution in [0.3, 0.4) is 0 Å². The molecule has 2 rings (SSSR count). The number of carbonyl (C=O) groups excluding carboxylic acids is 1. The molecule has 0 N–H and O–H groups in total. The average Bonchev–Trinajstić information content (AvgIpc) is 3.08. The predicted molar refractivity (Wildman–Crippen MR) is 74.8 cm³/mol. The van der Waals surface area contributed by atoms with Crippen LogP contribution in [0.5, 0.6) is 0 Å². The summed E-state index contributed by atoms with van der Waals surface area (Å²) in [5.41, 5.74) is 3.17. The Labute approximate surface area is 110 Å². The van der Waals surface area contributed by atoms with E-state index in [0.717, 1.165) is 17.7 Å². The van der Waals surface area contributed by atoms with E-state index in [2.05, 4.69) is 31.7 Å². The van der Waals surface area contributed by atoms with Gasteiger partial charge in [0.25, 0.3) is 5.91 Å². The Bertz CT molecular complexity index is 446. The molecule has 0 bridgehead atoms. The molecule has 1 aromatic carbocycles. The summed E-state index contributed by atoms with van der Waals surface area (Å²) >= 11 is 0. The van der Waals surface area contributed by atoms with E-state index in [1.807, 2.05) is 19.1 Å². The number of nitrogens with zero attached hydrogens (tertiary/aromatic N) is 1. The van der Waals surface area contributed by atoms with Crippen LogP contribution in [0.2, 0.25) is 0 Å². The summed E-state index contributed by atoms with van der Waals surface area (Å²) in [5.74, 6) is 0.740. The van der Waals surface area contributed by atoms with Crippen molar-refractivity contribution < 1.29 is 4.79 Å². The summed E-state index contributed by atoms with van der Waals surface area (Å²) in [5, 5.41) is 0. The van der Waals surface area contributed by atoms with Crippen LogP contribution in [-0.4, -0.2) is 23.4 Å². The predicted octanol–water partition coefficient (Wildman–Crippen LogP) is 3.56. The van der Waals surface area contributed by atoms with Gasteiger partial charge in [0.15, 0.2) is 0 Å².